The van der Waals surface area contributed by atoms with Gasteiger partial charge < -0.3 is 138 Å². The maximum absolute atomic E-state index is 12.9. The number of methoxy groups -OCH3 is 1. The molecule has 1 saturated heterocycles. The second kappa shape index (κ2) is 83.2. The Bertz CT molecular complexity index is 3670. The fourth-order valence-corrected chi connectivity index (χ4v) is 14.3. The third-order valence-electron chi connectivity index (χ3n) is 21.0. The van der Waals surface area contributed by atoms with Crippen molar-refractivity contribution >= 4 is 79.8 Å². The van der Waals surface area contributed by atoms with Crippen molar-refractivity contribution in [2.75, 3.05) is 355 Å². The third-order valence-corrected chi connectivity index (χ3v) is 22.5. The van der Waals surface area contributed by atoms with Crippen molar-refractivity contribution in [3.05, 3.63) is 69.6 Å². The number of allylic oxidation sites excluding steroid dienone is 3. The Morgan fingerprint density at radius 2 is 0.794 bits per heavy atom. The van der Waals surface area contributed by atoms with E-state index in [0.717, 1.165) is 59.5 Å². The summed E-state index contributed by atoms with van der Waals surface area (Å²) in [6.45, 7) is 40.7. The number of carbonyl (C=O) groups excluding carboxylic acids is 4. The molecule has 136 heavy (non-hydrogen) atoms. The molecule has 3 heterocycles. The van der Waals surface area contributed by atoms with E-state index in [2.05, 4.69) is 47.0 Å². The molecular weight excluding hydrogens is 1840 g/mol. The lowest BCUT2D eigenvalue weighted by Gasteiger charge is -2.27. The molecule has 0 spiro atoms. The van der Waals surface area contributed by atoms with Crippen LogP contribution in [0.25, 0.3) is 17.1 Å². The standard InChI is InChI=1S/C89H147Cl2N5O32S.C6H15N/c1-5-6-23-93-80-19-18-76(129(101,102)103)73-77(80)89(2,3)83(93)14-13-16-85-94(81-74-78(90)79(91)75-82(81)95(85)25-12-8-10-17-88(100)128-96-86(98)20-21-87(96)99)24-11-7-9-15-84(97)92-22-26-105-29-30-107-33-34-109-37-38-111-41-42-113-45-46-115-49-50-117-53-54-119-57-58-121-61-62-123-65-66-125-69-70-127-72-71-126-68-67-124-64-63-122-60-59-120-56-55-118-52-51-116-48-47-114-44-43-112-40-39-110-36-35-108-32-31-106-28-27-104-4;1-4-7(5-2)6-3/h13-14,16,18-19,73-75H,5-12,15,17,20-72H2,1-4H3,(H-,92,97,101,102,103);4-6H2,1-3H3/p+1. The fraction of sp³-hybridized carbons (Fsp3) is 0.779. The van der Waals surface area contributed by atoms with Gasteiger partial charge in [0.25, 0.3) is 17.6 Å². The van der Waals surface area contributed by atoms with E-state index in [0.29, 0.717) is 384 Å². The molecule has 41 heteroatoms. The summed E-state index contributed by atoms with van der Waals surface area (Å²) in [5.41, 5.74) is 3.55. The molecule has 5 rings (SSSR count). The van der Waals surface area contributed by atoms with Crippen LogP contribution in [0, 0.1) is 0 Å². The van der Waals surface area contributed by atoms with Gasteiger partial charge in [0, 0.05) is 80.9 Å². The van der Waals surface area contributed by atoms with Gasteiger partial charge in [-0.15, -0.1) is 5.06 Å². The molecule has 38 nitrogen and oxygen atoms in total. The Balaban J connectivity index is 0.00000529. The summed E-state index contributed by atoms with van der Waals surface area (Å²) in [7, 11) is -3.05. The number of carbonyl (C=O) groups is 4. The van der Waals surface area contributed by atoms with Gasteiger partial charge in [-0.2, -0.15) is 0 Å². The largest absolute Gasteiger partial charge is 0.744 e. The minimum atomic E-state index is -4.69. The van der Waals surface area contributed by atoms with Gasteiger partial charge in [-0.1, -0.05) is 56.5 Å². The fourth-order valence-electron chi connectivity index (χ4n) is 13.5. The van der Waals surface area contributed by atoms with Crippen LogP contribution in [0.4, 0.5) is 5.69 Å². The number of imide groups is 1. The van der Waals surface area contributed by atoms with Crippen molar-refractivity contribution in [1.29, 1.82) is 0 Å². The predicted octanol–water partition coefficient (Wildman–Crippen LogP) is 7.44. The van der Waals surface area contributed by atoms with Gasteiger partial charge in [0.05, 0.1) is 358 Å². The highest BCUT2D eigenvalue weighted by Crippen LogP contribution is 2.49. The molecule has 1 aromatic heterocycles. The van der Waals surface area contributed by atoms with E-state index in [4.69, 9.17) is 142 Å². The first-order valence-electron chi connectivity index (χ1n) is 48.5. The van der Waals surface area contributed by atoms with Gasteiger partial charge in [-0.25, -0.2) is 22.3 Å². The normalized spacial score (nSPS) is 13.6. The predicted molar refractivity (Wildman–Crippen MR) is 509 cm³/mol. The third kappa shape index (κ3) is 59.0. The lowest BCUT2D eigenvalue weighted by molar-refractivity contribution is -0.894. The zero-order valence-electron chi connectivity index (χ0n) is 82.3. The summed E-state index contributed by atoms with van der Waals surface area (Å²) in [6.07, 6.45) is 12.1. The minimum absolute atomic E-state index is 0.0134. The molecule has 0 unspecified atom stereocenters. The average Bonchev–Trinajstić information content (AvgIpc) is 1.58. The second-order valence-corrected chi connectivity index (χ2v) is 33.7. The van der Waals surface area contributed by atoms with Gasteiger partial charge in [0.2, 0.25) is 5.91 Å². The first-order valence-corrected chi connectivity index (χ1v) is 50.7. The van der Waals surface area contributed by atoms with Gasteiger partial charge in [0.1, 0.15) is 10.1 Å². The van der Waals surface area contributed by atoms with Gasteiger partial charge in [-0.3, -0.25) is 14.4 Å². The van der Waals surface area contributed by atoms with Crippen molar-refractivity contribution in [3.8, 4) is 0 Å². The first-order chi connectivity index (χ1) is 66.4. The summed E-state index contributed by atoms with van der Waals surface area (Å²) in [5, 5.41) is 4.26. The van der Waals surface area contributed by atoms with Gasteiger partial charge >= 0.3 is 5.97 Å². The Hall–Kier alpha value is -5.24. The molecule has 2 N–H and O–H groups in total. The number of unbranched alkanes of at least 4 members (excludes halogenated alkanes) is 5. The number of nitrogens with zero attached hydrogens (tertiary/aromatic N) is 4. The van der Waals surface area contributed by atoms with E-state index in [1.165, 1.54) is 31.8 Å². The number of aromatic nitrogens is 2. The number of anilines is 1. The Kier molecular flexibility index (Phi) is 75.3. The van der Waals surface area contributed by atoms with Crippen LogP contribution in [-0.4, -0.2) is 397 Å². The van der Waals surface area contributed by atoms with Crippen molar-refractivity contribution in [3.63, 3.8) is 0 Å². The van der Waals surface area contributed by atoms with Crippen LogP contribution in [-0.2, 0) is 166 Å². The Morgan fingerprint density at radius 1 is 0.449 bits per heavy atom. The number of rotatable bonds is 94. The average molecular weight is 2000 g/mol. The highest BCUT2D eigenvalue weighted by atomic mass is 35.5. The number of imidazole rings is 1. The number of ether oxygens (including phenoxy) is 24. The molecule has 3 aromatic rings. The molecule has 1 fully saturated rings. The van der Waals surface area contributed by atoms with E-state index in [9.17, 15) is 32.1 Å². The number of hydrogen-bond donors (Lipinski definition) is 2. The second-order valence-electron chi connectivity index (χ2n) is 31.5. The summed E-state index contributed by atoms with van der Waals surface area (Å²) in [6, 6.07) is 8.27. The van der Waals surface area contributed by atoms with Crippen molar-refractivity contribution in [2.45, 2.75) is 142 Å². The summed E-state index contributed by atoms with van der Waals surface area (Å²) in [4.78, 5) is 58.3. The quantitative estimate of drug-likeness (QED) is 0.0240. The topological polar surface area (TPSA) is 388 Å². The van der Waals surface area contributed by atoms with E-state index >= 15 is 0 Å². The van der Waals surface area contributed by atoms with Crippen molar-refractivity contribution in [2.24, 2.45) is 0 Å². The maximum Gasteiger partial charge on any atom is 0.333 e. The van der Waals surface area contributed by atoms with Crippen LogP contribution in [0.15, 0.2) is 53.1 Å². The maximum atomic E-state index is 12.9. The van der Waals surface area contributed by atoms with Gasteiger partial charge in [0.15, 0.2) is 11.0 Å². The monoisotopic (exact) mass is 2000 g/mol. The van der Waals surface area contributed by atoms with Crippen LogP contribution in [0.2, 0.25) is 10.0 Å². The zero-order chi connectivity index (χ0) is 98.1. The number of amides is 3. The number of benzene rings is 2. The number of halogens is 2. The van der Waals surface area contributed by atoms with Gasteiger partial charge in [-0.05, 0) is 95.6 Å². The van der Waals surface area contributed by atoms with Crippen LogP contribution in [0.3, 0.4) is 0 Å². The number of nitrogens with one attached hydrogen (secondary N) is 2. The van der Waals surface area contributed by atoms with Crippen LogP contribution < -0.4 is 19.7 Å². The smallest absolute Gasteiger partial charge is 0.333 e. The highest BCUT2D eigenvalue weighted by molar-refractivity contribution is 7.85. The number of hydroxylamine groups is 2. The molecular formula is C95H163Cl2N6O32S+. The molecule has 3 amide bonds. The number of fused-ring (bicyclic) bond motifs is 2. The lowest BCUT2D eigenvalue weighted by atomic mass is 9.83. The number of quaternary nitrogens is 1. The van der Waals surface area contributed by atoms with Crippen LogP contribution >= 0.6 is 23.2 Å². The lowest BCUT2D eigenvalue weighted by Crippen LogP contribution is -3.11. The Labute approximate surface area is 817 Å². The van der Waals surface area contributed by atoms with E-state index in [1.807, 2.05) is 44.2 Å². The van der Waals surface area contributed by atoms with Crippen molar-refractivity contribution in [1.82, 2.24) is 14.9 Å². The first kappa shape index (κ1) is 123. The van der Waals surface area contributed by atoms with Crippen LogP contribution in [0.5, 0.6) is 0 Å². The molecule has 2 aliphatic rings. The molecule has 2 aromatic carbocycles. The highest BCUT2D eigenvalue weighted by Gasteiger charge is 2.40. The number of hydrogen-bond acceptors (Lipinski definition) is 33. The molecule has 0 radical (unpaired) electrons. The minimum Gasteiger partial charge on any atom is -0.744 e. The molecule has 0 bridgehead atoms. The zero-order valence-corrected chi connectivity index (χ0v) is 84.6. The summed E-state index contributed by atoms with van der Waals surface area (Å²) < 4.78 is 173. The van der Waals surface area contributed by atoms with Crippen molar-refractivity contribution < 1.29 is 160 Å². The molecule has 0 aliphatic carbocycles. The number of aryl methyl sites for hydroxylation is 2. The van der Waals surface area contributed by atoms with E-state index in [-0.39, 0.29) is 30.1 Å². The summed E-state index contributed by atoms with van der Waals surface area (Å²) in [5.74, 6) is -0.942. The molecule has 0 atom stereocenters. The van der Waals surface area contributed by atoms with E-state index < -0.39 is 33.3 Å². The SMILES string of the molecule is CCCCN1C(=CC=Cc2n(CCCCCC(=O)ON3C(=O)CCC3=O)c3cc(Cl)c(Cl)cc3[n+]2CCCCCC(=O)NCCOCCOCCOCCOCCOCCOCCOCCOCCOCCOCCOCCOCCOCCOCCOCCOCCOCCOCCOCCOCCOCCOCCOCCOC)C(C)(C)c2cc(S(=O)(=O)[O-])ccc21.CC[NH+](CC)CC. The molecule has 0 saturated carbocycles. The van der Waals surface area contributed by atoms with Crippen LogP contribution in [0.1, 0.15) is 130 Å². The Morgan fingerprint density at radius 3 is 1.14 bits per heavy atom. The van der Waals surface area contributed by atoms with E-state index in [1.54, 1.807) is 18.1 Å². The summed E-state index contributed by atoms with van der Waals surface area (Å²) >= 11 is 13.4. The molecule has 784 valence electrons. The molecule has 2 aliphatic heterocycles.